The Hall–Kier alpha value is -0.570. The van der Waals surface area contributed by atoms with E-state index in [0.717, 1.165) is 5.92 Å². The molecule has 3 nitrogen and oxygen atoms in total. The van der Waals surface area contributed by atoms with Gasteiger partial charge in [0, 0.05) is 13.1 Å². The molecule has 1 rings (SSSR count). The van der Waals surface area contributed by atoms with E-state index in [2.05, 4.69) is 17.1 Å². The van der Waals surface area contributed by atoms with Gasteiger partial charge in [0.05, 0.1) is 6.54 Å². The first-order chi connectivity index (χ1) is 5.65. The van der Waals surface area contributed by atoms with Gasteiger partial charge in [-0.05, 0) is 32.7 Å². The van der Waals surface area contributed by atoms with Gasteiger partial charge in [-0.1, -0.05) is 0 Å². The minimum Gasteiger partial charge on any atom is -0.358 e. The number of carbonyl (C=O) groups excluding carboxylic acids is 1. The summed E-state index contributed by atoms with van der Waals surface area (Å²) in [7, 11) is 3.69. The lowest BCUT2D eigenvalue weighted by molar-refractivity contribution is -0.121. The van der Waals surface area contributed by atoms with E-state index >= 15 is 0 Å². The maximum Gasteiger partial charge on any atom is 0.233 e. The first kappa shape index (κ1) is 9.52. The maximum atomic E-state index is 11.0. The lowest BCUT2D eigenvalue weighted by Crippen LogP contribution is -2.39. The molecule has 1 amide bonds. The van der Waals surface area contributed by atoms with Crippen LogP contribution in [0.25, 0.3) is 0 Å². The molecule has 0 aliphatic heterocycles. The fourth-order valence-electron chi connectivity index (χ4n) is 1.39. The van der Waals surface area contributed by atoms with Crippen LogP contribution in [0.3, 0.4) is 0 Å². The Morgan fingerprint density at radius 3 is 2.67 bits per heavy atom. The molecule has 3 heteroatoms. The molecule has 0 saturated heterocycles. The SMILES string of the molecule is CNC(=O)CN(C)[C@@H](C)C1CC1. The van der Waals surface area contributed by atoms with Gasteiger partial charge >= 0.3 is 0 Å². The fraction of sp³-hybridized carbons (Fsp3) is 0.889. The topological polar surface area (TPSA) is 32.3 Å². The highest BCUT2D eigenvalue weighted by molar-refractivity contribution is 5.77. The van der Waals surface area contributed by atoms with Gasteiger partial charge < -0.3 is 5.32 Å². The molecule has 12 heavy (non-hydrogen) atoms. The third-order valence-electron chi connectivity index (χ3n) is 2.67. The highest BCUT2D eigenvalue weighted by Gasteiger charge is 2.30. The minimum absolute atomic E-state index is 0.102. The van der Waals surface area contributed by atoms with Crippen LogP contribution in [0, 0.1) is 5.92 Å². The Kier molecular flexibility index (Phi) is 3.09. The van der Waals surface area contributed by atoms with E-state index in [1.807, 2.05) is 7.05 Å². The van der Waals surface area contributed by atoms with E-state index < -0.39 is 0 Å². The van der Waals surface area contributed by atoms with Crippen molar-refractivity contribution in [3.05, 3.63) is 0 Å². The van der Waals surface area contributed by atoms with Crippen LogP contribution in [-0.4, -0.2) is 37.5 Å². The number of likely N-dealkylation sites (N-methyl/N-ethyl adjacent to an activating group) is 2. The zero-order valence-corrected chi connectivity index (χ0v) is 8.13. The monoisotopic (exact) mass is 170 g/mol. The first-order valence-corrected chi connectivity index (χ1v) is 4.56. The van der Waals surface area contributed by atoms with Gasteiger partial charge in [0.25, 0.3) is 0 Å². The molecule has 0 aromatic heterocycles. The lowest BCUT2D eigenvalue weighted by atomic mass is 10.2. The van der Waals surface area contributed by atoms with Crippen molar-refractivity contribution in [2.75, 3.05) is 20.6 Å². The molecular weight excluding hydrogens is 152 g/mol. The zero-order chi connectivity index (χ0) is 9.14. The van der Waals surface area contributed by atoms with Crippen LogP contribution >= 0.6 is 0 Å². The van der Waals surface area contributed by atoms with Crippen LogP contribution in [0.15, 0.2) is 0 Å². The number of hydrogen-bond donors (Lipinski definition) is 1. The van der Waals surface area contributed by atoms with Crippen LogP contribution in [-0.2, 0) is 4.79 Å². The predicted molar refractivity (Wildman–Crippen MR) is 48.9 cm³/mol. The summed E-state index contributed by atoms with van der Waals surface area (Å²) in [5.74, 6) is 0.935. The number of rotatable bonds is 4. The number of nitrogens with zero attached hydrogens (tertiary/aromatic N) is 1. The summed E-state index contributed by atoms with van der Waals surface area (Å²) in [4.78, 5) is 13.1. The zero-order valence-electron chi connectivity index (χ0n) is 8.13. The van der Waals surface area contributed by atoms with Crippen LogP contribution in [0.5, 0.6) is 0 Å². The van der Waals surface area contributed by atoms with Crippen molar-refractivity contribution in [2.45, 2.75) is 25.8 Å². The third kappa shape index (κ3) is 2.48. The molecule has 0 bridgehead atoms. The van der Waals surface area contributed by atoms with Crippen molar-refractivity contribution in [2.24, 2.45) is 5.92 Å². The Labute approximate surface area is 74.1 Å². The molecule has 0 aromatic carbocycles. The molecule has 1 N–H and O–H groups in total. The summed E-state index contributed by atoms with van der Waals surface area (Å²) in [6.45, 7) is 2.72. The number of amides is 1. The molecule has 0 radical (unpaired) electrons. The first-order valence-electron chi connectivity index (χ1n) is 4.56. The molecule has 0 aromatic rings. The highest BCUT2D eigenvalue weighted by atomic mass is 16.1. The van der Waals surface area contributed by atoms with E-state index in [1.54, 1.807) is 7.05 Å². The van der Waals surface area contributed by atoms with Crippen LogP contribution in [0.1, 0.15) is 19.8 Å². The Morgan fingerprint density at radius 1 is 1.67 bits per heavy atom. The second-order valence-electron chi connectivity index (χ2n) is 3.67. The second-order valence-corrected chi connectivity index (χ2v) is 3.67. The van der Waals surface area contributed by atoms with Crippen molar-refractivity contribution >= 4 is 5.91 Å². The molecule has 0 spiro atoms. The smallest absolute Gasteiger partial charge is 0.233 e. The number of nitrogens with one attached hydrogen (secondary N) is 1. The maximum absolute atomic E-state index is 11.0. The van der Waals surface area contributed by atoms with Gasteiger partial charge in [-0.25, -0.2) is 0 Å². The largest absolute Gasteiger partial charge is 0.358 e. The summed E-state index contributed by atoms with van der Waals surface area (Å²) in [5.41, 5.74) is 0. The van der Waals surface area contributed by atoms with Gasteiger partial charge in [-0.2, -0.15) is 0 Å². The second kappa shape index (κ2) is 3.90. The van der Waals surface area contributed by atoms with E-state index in [1.165, 1.54) is 12.8 Å². The summed E-state index contributed by atoms with van der Waals surface area (Å²) < 4.78 is 0. The average molecular weight is 170 g/mol. The molecule has 1 saturated carbocycles. The summed E-state index contributed by atoms with van der Waals surface area (Å²) in [6, 6.07) is 0.558. The van der Waals surface area contributed by atoms with E-state index in [9.17, 15) is 4.79 Å². The third-order valence-corrected chi connectivity index (χ3v) is 2.67. The molecular formula is C9H18N2O. The van der Waals surface area contributed by atoms with Gasteiger partial charge in [0.2, 0.25) is 5.91 Å². The van der Waals surface area contributed by atoms with Gasteiger partial charge in [0.15, 0.2) is 0 Å². The van der Waals surface area contributed by atoms with Crippen molar-refractivity contribution in [1.29, 1.82) is 0 Å². The Morgan fingerprint density at radius 2 is 2.25 bits per heavy atom. The average Bonchev–Trinajstić information content (AvgIpc) is 2.85. The van der Waals surface area contributed by atoms with Crippen molar-refractivity contribution in [1.82, 2.24) is 10.2 Å². The van der Waals surface area contributed by atoms with Crippen LogP contribution < -0.4 is 5.32 Å². The highest BCUT2D eigenvalue weighted by Crippen LogP contribution is 2.34. The van der Waals surface area contributed by atoms with E-state index in [0.29, 0.717) is 12.6 Å². The van der Waals surface area contributed by atoms with Gasteiger partial charge in [-0.3, -0.25) is 9.69 Å². The van der Waals surface area contributed by atoms with Gasteiger partial charge in [0.1, 0.15) is 0 Å². The van der Waals surface area contributed by atoms with Crippen LogP contribution in [0.4, 0.5) is 0 Å². The van der Waals surface area contributed by atoms with Crippen molar-refractivity contribution < 1.29 is 4.79 Å². The number of carbonyl (C=O) groups is 1. The molecule has 1 aliphatic carbocycles. The molecule has 0 unspecified atom stereocenters. The minimum atomic E-state index is 0.102. The van der Waals surface area contributed by atoms with Crippen LogP contribution in [0.2, 0.25) is 0 Å². The Bertz CT molecular complexity index is 166. The molecule has 0 heterocycles. The predicted octanol–water partition coefficient (Wildman–Crippen LogP) is 0.463. The Balaban J connectivity index is 2.25. The number of hydrogen-bond acceptors (Lipinski definition) is 2. The molecule has 70 valence electrons. The van der Waals surface area contributed by atoms with Crippen molar-refractivity contribution in [3.63, 3.8) is 0 Å². The molecule has 1 atom stereocenters. The standard InChI is InChI=1S/C9H18N2O/c1-7(8-4-5-8)11(3)6-9(12)10-2/h7-8H,4-6H2,1-3H3,(H,10,12)/t7-/m0/s1. The molecule has 1 fully saturated rings. The quantitative estimate of drug-likeness (QED) is 0.665. The van der Waals surface area contributed by atoms with E-state index in [-0.39, 0.29) is 5.91 Å². The van der Waals surface area contributed by atoms with E-state index in [4.69, 9.17) is 0 Å². The normalized spacial score (nSPS) is 19.3. The fourth-order valence-corrected chi connectivity index (χ4v) is 1.39. The lowest BCUT2D eigenvalue weighted by Gasteiger charge is -2.23. The van der Waals surface area contributed by atoms with Gasteiger partial charge in [-0.15, -0.1) is 0 Å². The summed E-state index contributed by atoms with van der Waals surface area (Å²) in [6.07, 6.45) is 2.67. The molecule has 1 aliphatic rings. The summed E-state index contributed by atoms with van der Waals surface area (Å²) in [5, 5.41) is 2.63. The summed E-state index contributed by atoms with van der Waals surface area (Å²) >= 11 is 0. The van der Waals surface area contributed by atoms with Crippen molar-refractivity contribution in [3.8, 4) is 0 Å².